The molecule has 1 aliphatic heterocycles. The van der Waals surface area contributed by atoms with Gasteiger partial charge in [-0.3, -0.25) is 4.79 Å². The van der Waals surface area contributed by atoms with Gasteiger partial charge in [0.05, 0.1) is 18.6 Å². The smallest absolute Gasteiger partial charge is 0.357 e. The average Bonchev–Trinajstić information content (AvgIpc) is 3.22. The van der Waals surface area contributed by atoms with Gasteiger partial charge in [-0.25, -0.2) is 18.2 Å². The second-order valence-corrected chi connectivity index (χ2v) is 9.40. The van der Waals surface area contributed by atoms with E-state index in [4.69, 9.17) is 9.47 Å². The third-order valence-corrected chi connectivity index (χ3v) is 7.41. The SMILES string of the molecule is CCOC(=O)c1csc(NC(=O)C2CCN(S(=O)(=O)c3ccc(OC)cc3)CC2)n1. The van der Waals surface area contributed by atoms with Gasteiger partial charge in [0, 0.05) is 24.4 Å². The summed E-state index contributed by atoms with van der Waals surface area (Å²) in [6.07, 6.45) is 0.800. The number of nitrogens with one attached hydrogen (secondary N) is 1. The Bertz CT molecular complexity index is 996. The summed E-state index contributed by atoms with van der Waals surface area (Å²) in [5.41, 5.74) is 0.151. The summed E-state index contributed by atoms with van der Waals surface area (Å²) in [4.78, 5) is 28.5. The van der Waals surface area contributed by atoms with Crippen LogP contribution in [0.2, 0.25) is 0 Å². The zero-order valence-corrected chi connectivity index (χ0v) is 18.3. The zero-order valence-electron chi connectivity index (χ0n) is 16.7. The van der Waals surface area contributed by atoms with E-state index < -0.39 is 16.0 Å². The van der Waals surface area contributed by atoms with Crippen molar-refractivity contribution in [1.29, 1.82) is 0 Å². The van der Waals surface area contributed by atoms with E-state index in [9.17, 15) is 18.0 Å². The van der Waals surface area contributed by atoms with Gasteiger partial charge < -0.3 is 14.8 Å². The van der Waals surface area contributed by atoms with E-state index in [0.717, 1.165) is 11.3 Å². The quantitative estimate of drug-likeness (QED) is 0.640. The van der Waals surface area contributed by atoms with Gasteiger partial charge in [-0.15, -0.1) is 11.3 Å². The van der Waals surface area contributed by atoms with Crippen molar-refractivity contribution < 1.29 is 27.5 Å². The van der Waals surface area contributed by atoms with Crippen molar-refractivity contribution >= 4 is 38.4 Å². The first kappa shape index (κ1) is 22.2. The Morgan fingerprint density at radius 2 is 1.90 bits per heavy atom. The molecule has 0 atom stereocenters. The lowest BCUT2D eigenvalue weighted by atomic mass is 9.97. The molecular formula is C19H23N3O6S2. The minimum Gasteiger partial charge on any atom is -0.497 e. The van der Waals surface area contributed by atoms with E-state index in [0.29, 0.717) is 23.7 Å². The van der Waals surface area contributed by atoms with Gasteiger partial charge in [-0.05, 0) is 44.0 Å². The van der Waals surface area contributed by atoms with Crippen molar-refractivity contribution in [1.82, 2.24) is 9.29 Å². The fraction of sp³-hybridized carbons (Fsp3) is 0.421. The Kier molecular flexibility index (Phi) is 7.06. The van der Waals surface area contributed by atoms with Crippen LogP contribution in [0.1, 0.15) is 30.3 Å². The highest BCUT2D eigenvalue weighted by Crippen LogP contribution is 2.26. The van der Waals surface area contributed by atoms with Gasteiger partial charge >= 0.3 is 5.97 Å². The maximum absolute atomic E-state index is 12.8. The molecule has 0 aliphatic carbocycles. The number of benzene rings is 1. The van der Waals surface area contributed by atoms with Crippen molar-refractivity contribution in [3.05, 3.63) is 35.3 Å². The summed E-state index contributed by atoms with van der Waals surface area (Å²) in [6, 6.07) is 6.23. The van der Waals surface area contributed by atoms with Crippen LogP contribution >= 0.6 is 11.3 Å². The van der Waals surface area contributed by atoms with Crippen molar-refractivity contribution in [2.24, 2.45) is 5.92 Å². The number of thiazole rings is 1. The number of carbonyl (C=O) groups excluding carboxylic acids is 2. The molecule has 2 heterocycles. The summed E-state index contributed by atoms with van der Waals surface area (Å²) in [7, 11) is -2.11. The number of methoxy groups -OCH3 is 1. The van der Waals surface area contributed by atoms with E-state index >= 15 is 0 Å². The Labute approximate surface area is 179 Å². The molecule has 0 bridgehead atoms. The number of carbonyl (C=O) groups is 2. The first-order valence-corrected chi connectivity index (χ1v) is 11.7. The average molecular weight is 454 g/mol. The highest BCUT2D eigenvalue weighted by Gasteiger charge is 2.32. The lowest BCUT2D eigenvalue weighted by Crippen LogP contribution is -2.41. The molecule has 1 amide bonds. The van der Waals surface area contributed by atoms with Gasteiger partial charge in [-0.2, -0.15) is 4.31 Å². The Balaban J connectivity index is 1.57. The van der Waals surface area contributed by atoms with Crippen LogP contribution in [0.15, 0.2) is 34.5 Å². The normalized spacial score (nSPS) is 15.5. The van der Waals surface area contributed by atoms with Crippen molar-refractivity contribution in [2.75, 3.05) is 32.1 Å². The van der Waals surface area contributed by atoms with Crippen LogP contribution in [0.25, 0.3) is 0 Å². The monoisotopic (exact) mass is 453 g/mol. The maximum atomic E-state index is 12.8. The number of nitrogens with zero attached hydrogens (tertiary/aromatic N) is 2. The van der Waals surface area contributed by atoms with Crippen LogP contribution in [0.3, 0.4) is 0 Å². The molecular weight excluding hydrogens is 430 g/mol. The fourth-order valence-electron chi connectivity index (χ4n) is 3.09. The highest BCUT2D eigenvalue weighted by molar-refractivity contribution is 7.89. The summed E-state index contributed by atoms with van der Waals surface area (Å²) in [6.45, 7) is 2.45. The number of piperidine rings is 1. The first-order valence-electron chi connectivity index (χ1n) is 9.43. The van der Waals surface area contributed by atoms with Gasteiger partial charge in [-0.1, -0.05) is 0 Å². The predicted molar refractivity (Wildman–Crippen MR) is 111 cm³/mol. The molecule has 11 heteroatoms. The second-order valence-electron chi connectivity index (χ2n) is 6.60. The van der Waals surface area contributed by atoms with Crippen LogP contribution in [-0.2, 0) is 19.6 Å². The van der Waals surface area contributed by atoms with Crippen LogP contribution in [0.5, 0.6) is 5.75 Å². The number of ether oxygens (including phenoxy) is 2. The van der Waals surface area contributed by atoms with Crippen molar-refractivity contribution in [2.45, 2.75) is 24.7 Å². The second kappa shape index (κ2) is 9.54. The standard InChI is InChI=1S/C19H23N3O6S2/c1-3-28-18(24)16-12-29-19(20-16)21-17(23)13-8-10-22(11-9-13)30(25,26)15-6-4-14(27-2)5-7-15/h4-7,12-13H,3,8-11H2,1-2H3,(H,20,21,23). The van der Waals surface area contributed by atoms with E-state index in [2.05, 4.69) is 10.3 Å². The number of esters is 1. The van der Waals surface area contributed by atoms with Gasteiger partial charge in [0.15, 0.2) is 10.8 Å². The molecule has 1 fully saturated rings. The van der Waals surface area contributed by atoms with Crippen molar-refractivity contribution in [3.63, 3.8) is 0 Å². The number of sulfonamides is 1. The predicted octanol–water partition coefficient (Wildman–Crippen LogP) is 2.37. The molecule has 0 radical (unpaired) electrons. The lowest BCUT2D eigenvalue weighted by Gasteiger charge is -2.30. The lowest BCUT2D eigenvalue weighted by molar-refractivity contribution is -0.120. The van der Waals surface area contributed by atoms with Crippen LogP contribution in [0, 0.1) is 5.92 Å². The van der Waals surface area contributed by atoms with E-state index in [1.165, 1.54) is 28.9 Å². The molecule has 0 spiro atoms. The maximum Gasteiger partial charge on any atom is 0.357 e. The molecule has 162 valence electrons. The third-order valence-electron chi connectivity index (χ3n) is 4.74. The number of amides is 1. The van der Waals surface area contributed by atoms with Crippen LogP contribution in [0.4, 0.5) is 5.13 Å². The van der Waals surface area contributed by atoms with E-state index in [-0.39, 0.29) is 42.1 Å². The number of aromatic nitrogens is 1. The third kappa shape index (κ3) is 4.97. The minimum atomic E-state index is -3.62. The molecule has 0 saturated carbocycles. The van der Waals surface area contributed by atoms with Crippen molar-refractivity contribution in [3.8, 4) is 5.75 Å². The highest BCUT2D eigenvalue weighted by atomic mass is 32.2. The number of hydrogen-bond donors (Lipinski definition) is 1. The molecule has 1 N–H and O–H groups in total. The molecule has 1 aromatic heterocycles. The molecule has 30 heavy (non-hydrogen) atoms. The van der Waals surface area contributed by atoms with Crippen LogP contribution < -0.4 is 10.1 Å². The summed E-state index contributed by atoms with van der Waals surface area (Å²) < 4.78 is 36.9. The molecule has 1 aliphatic rings. The molecule has 9 nitrogen and oxygen atoms in total. The Morgan fingerprint density at radius 3 is 2.50 bits per heavy atom. The Hall–Kier alpha value is -2.50. The summed E-state index contributed by atoms with van der Waals surface area (Å²) >= 11 is 1.14. The summed E-state index contributed by atoms with van der Waals surface area (Å²) in [5, 5.41) is 4.55. The molecule has 1 aromatic carbocycles. The topological polar surface area (TPSA) is 115 Å². The molecule has 2 aromatic rings. The van der Waals surface area contributed by atoms with Gasteiger partial charge in [0.2, 0.25) is 15.9 Å². The number of hydrogen-bond acceptors (Lipinski definition) is 8. The first-order chi connectivity index (χ1) is 14.3. The Morgan fingerprint density at radius 1 is 1.23 bits per heavy atom. The van der Waals surface area contributed by atoms with Gasteiger partial charge in [0.25, 0.3) is 0 Å². The molecule has 3 rings (SSSR count). The summed E-state index contributed by atoms with van der Waals surface area (Å²) in [5.74, 6) is -0.521. The number of rotatable bonds is 7. The number of anilines is 1. The molecule has 0 unspecified atom stereocenters. The fourth-order valence-corrected chi connectivity index (χ4v) is 5.24. The van der Waals surface area contributed by atoms with E-state index in [1.54, 1.807) is 19.1 Å². The minimum absolute atomic E-state index is 0.151. The molecule has 1 saturated heterocycles. The zero-order chi connectivity index (χ0) is 21.7. The van der Waals surface area contributed by atoms with E-state index in [1.807, 2.05) is 0 Å². The van der Waals surface area contributed by atoms with Crippen LogP contribution in [-0.4, -0.2) is 56.4 Å². The largest absolute Gasteiger partial charge is 0.497 e. The van der Waals surface area contributed by atoms with Gasteiger partial charge in [0.1, 0.15) is 5.75 Å².